The molecule has 1 heterocycles. The second kappa shape index (κ2) is 8.97. The highest BCUT2D eigenvalue weighted by atomic mass is 32.2. The van der Waals surface area contributed by atoms with Crippen molar-refractivity contribution < 1.29 is 27.5 Å². The van der Waals surface area contributed by atoms with Gasteiger partial charge >= 0.3 is 0 Å². The molecule has 0 aromatic heterocycles. The second-order valence-electron chi connectivity index (χ2n) is 6.59. The third-order valence-electron chi connectivity index (χ3n) is 4.52. The van der Waals surface area contributed by atoms with Crippen LogP contribution in [0.1, 0.15) is 13.3 Å². The van der Waals surface area contributed by atoms with Gasteiger partial charge in [-0.15, -0.1) is 11.8 Å². The minimum atomic E-state index is -3.72. The number of carbonyl (C=O) groups is 2. The Labute approximate surface area is 179 Å². The summed E-state index contributed by atoms with van der Waals surface area (Å²) in [6.45, 7) is 1.78. The zero-order valence-electron chi connectivity index (χ0n) is 16.7. The molecular weight excluding hydrogens is 428 g/mol. The first-order valence-electron chi connectivity index (χ1n) is 9.09. The monoisotopic (exact) mass is 450 g/mol. The largest absolute Gasteiger partial charge is 0.497 e. The van der Waals surface area contributed by atoms with Crippen LogP contribution >= 0.6 is 11.8 Å². The third kappa shape index (κ3) is 4.88. The van der Waals surface area contributed by atoms with Gasteiger partial charge in [0.1, 0.15) is 11.5 Å². The molecule has 3 rings (SSSR count). The lowest BCUT2D eigenvalue weighted by molar-refractivity contribution is -0.116. The number of hydrogen-bond donors (Lipinski definition) is 2. The predicted molar refractivity (Wildman–Crippen MR) is 115 cm³/mol. The number of sulfone groups is 1. The standard InChI is InChI=1S/C20H22N2O6S2/c1-12-20(24)22-16-11-14(5-7-18(16)29-12)30(25,26)9-8-19(23)21-15-10-13(27-2)4-6-17(15)28-3/h4-7,10-12H,8-9H2,1-3H3,(H,21,23)(H,22,24). The minimum Gasteiger partial charge on any atom is -0.497 e. The number of anilines is 2. The summed E-state index contributed by atoms with van der Waals surface area (Å²) in [5.41, 5.74) is 0.858. The molecule has 0 radical (unpaired) electrons. The Hall–Kier alpha value is -2.72. The molecule has 1 aliphatic heterocycles. The van der Waals surface area contributed by atoms with Crippen LogP contribution in [0.15, 0.2) is 46.2 Å². The number of nitrogens with one attached hydrogen (secondary N) is 2. The molecule has 2 aromatic carbocycles. The number of amides is 2. The Kier molecular flexibility index (Phi) is 6.57. The fourth-order valence-corrected chi connectivity index (χ4v) is 5.04. The van der Waals surface area contributed by atoms with Gasteiger partial charge in [-0.1, -0.05) is 0 Å². The summed E-state index contributed by atoms with van der Waals surface area (Å²) in [5.74, 6) is -0.0536. The van der Waals surface area contributed by atoms with Crippen molar-refractivity contribution in [3.63, 3.8) is 0 Å². The van der Waals surface area contributed by atoms with Gasteiger partial charge in [-0.2, -0.15) is 0 Å². The second-order valence-corrected chi connectivity index (χ2v) is 10.1. The minimum absolute atomic E-state index is 0.0588. The molecule has 160 valence electrons. The van der Waals surface area contributed by atoms with Crippen molar-refractivity contribution in [3.05, 3.63) is 36.4 Å². The average molecular weight is 451 g/mol. The molecule has 1 aliphatic rings. The third-order valence-corrected chi connectivity index (χ3v) is 7.41. The number of rotatable bonds is 7. The molecule has 30 heavy (non-hydrogen) atoms. The summed E-state index contributed by atoms with van der Waals surface area (Å²) < 4.78 is 35.7. The number of hydrogen-bond acceptors (Lipinski definition) is 7. The van der Waals surface area contributed by atoms with Crippen LogP contribution in [0.3, 0.4) is 0 Å². The lowest BCUT2D eigenvalue weighted by atomic mass is 10.2. The molecular formula is C20H22N2O6S2. The van der Waals surface area contributed by atoms with E-state index in [1.54, 1.807) is 31.2 Å². The van der Waals surface area contributed by atoms with Crippen LogP contribution in [-0.4, -0.2) is 45.5 Å². The van der Waals surface area contributed by atoms with Crippen molar-refractivity contribution in [2.45, 2.75) is 28.4 Å². The van der Waals surface area contributed by atoms with Crippen molar-refractivity contribution in [1.29, 1.82) is 0 Å². The van der Waals surface area contributed by atoms with Gasteiger partial charge in [-0.3, -0.25) is 9.59 Å². The van der Waals surface area contributed by atoms with E-state index in [1.165, 1.54) is 38.1 Å². The Balaban J connectivity index is 1.69. The highest BCUT2D eigenvalue weighted by Crippen LogP contribution is 2.37. The Morgan fingerprint density at radius 3 is 2.63 bits per heavy atom. The van der Waals surface area contributed by atoms with Gasteiger partial charge in [0.05, 0.1) is 41.5 Å². The zero-order valence-corrected chi connectivity index (χ0v) is 18.4. The Morgan fingerprint density at radius 1 is 1.17 bits per heavy atom. The molecule has 1 atom stereocenters. The van der Waals surface area contributed by atoms with Crippen LogP contribution in [0.4, 0.5) is 11.4 Å². The average Bonchev–Trinajstić information content (AvgIpc) is 2.72. The molecule has 0 spiro atoms. The van der Waals surface area contributed by atoms with Crippen LogP contribution < -0.4 is 20.1 Å². The van der Waals surface area contributed by atoms with Gasteiger partial charge < -0.3 is 20.1 Å². The quantitative estimate of drug-likeness (QED) is 0.667. The van der Waals surface area contributed by atoms with Gasteiger partial charge in [-0.05, 0) is 37.3 Å². The maximum Gasteiger partial charge on any atom is 0.237 e. The molecule has 0 saturated carbocycles. The Morgan fingerprint density at radius 2 is 1.93 bits per heavy atom. The maximum atomic E-state index is 12.7. The molecule has 2 N–H and O–H groups in total. The summed E-state index contributed by atoms with van der Waals surface area (Å²) >= 11 is 1.37. The molecule has 10 heteroatoms. The van der Waals surface area contributed by atoms with E-state index in [2.05, 4.69) is 10.6 Å². The van der Waals surface area contributed by atoms with Crippen LogP contribution in [0, 0.1) is 0 Å². The summed E-state index contributed by atoms with van der Waals surface area (Å²) in [6, 6.07) is 9.52. The van der Waals surface area contributed by atoms with Gasteiger partial charge in [0, 0.05) is 17.4 Å². The smallest absolute Gasteiger partial charge is 0.237 e. The van der Waals surface area contributed by atoms with Gasteiger partial charge in [0.25, 0.3) is 0 Å². The molecule has 2 amide bonds. The van der Waals surface area contributed by atoms with E-state index in [0.717, 1.165) is 4.90 Å². The normalized spacial score (nSPS) is 15.7. The topological polar surface area (TPSA) is 111 Å². The van der Waals surface area contributed by atoms with Crippen LogP contribution in [0.2, 0.25) is 0 Å². The van der Waals surface area contributed by atoms with Gasteiger partial charge in [0.15, 0.2) is 9.84 Å². The number of thioether (sulfide) groups is 1. The molecule has 1 unspecified atom stereocenters. The molecule has 0 aliphatic carbocycles. The Bertz CT molecular complexity index is 1080. The first kappa shape index (κ1) is 22.0. The van der Waals surface area contributed by atoms with Crippen molar-refractivity contribution in [2.24, 2.45) is 0 Å². The van der Waals surface area contributed by atoms with E-state index in [-0.39, 0.29) is 28.2 Å². The number of benzene rings is 2. The first-order valence-corrected chi connectivity index (χ1v) is 11.6. The number of carbonyl (C=O) groups excluding carboxylic acids is 2. The fraction of sp³-hybridized carbons (Fsp3) is 0.300. The molecule has 0 saturated heterocycles. The predicted octanol–water partition coefficient (Wildman–Crippen LogP) is 2.94. The van der Waals surface area contributed by atoms with E-state index in [4.69, 9.17) is 9.47 Å². The maximum absolute atomic E-state index is 12.7. The number of ether oxygens (including phenoxy) is 2. The molecule has 8 nitrogen and oxygen atoms in total. The van der Waals surface area contributed by atoms with Crippen LogP contribution in [-0.2, 0) is 19.4 Å². The first-order chi connectivity index (χ1) is 14.2. The van der Waals surface area contributed by atoms with Crippen LogP contribution in [0.25, 0.3) is 0 Å². The van der Waals surface area contributed by atoms with E-state index in [9.17, 15) is 18.0 Å². The number of methoxy groups -OCH3 is 2. The van der Waals surface area contributed by atoms with Crippen molar-refractivity contribution >= 4 is 44.8 Å². The van der Waals surface area contributed by atoms with E-state index >= 15 is 0 Å². The fourth-order valence-electron chi connectivity index (χ4n) is 2.85. The highest BCUT2D eigenvalue weighted by Gasteiger charge is 2.25. The van der Waals surface area contributed by atoms with E-state index < -0.39 is 15.7 Å². The van der Waals surface area contributed by atoms with Gasteiger partial charge in [0.2, 0.25) is 11.8 Å². The molecule has 0 fully saturated rings. The molecule has 0 bridgehead atoms. The lowest BCUT2D eigenvalue weighted by Gasteiger charge is -2.21. The SMILES string of the molecule is COc1ccc(OC)c(NC(=O)CCS(=O)(=O)c2ccc3c(c2)NC(=O)C(C)S3)c1. The summed E-state index contributed by atoms with van der Waals surface area (Å²) in [7, 11) is -0.750. The van der Waals surface area contributed by atoms with Crippen molar-refractivity contribution in [2.75, 3.05) is 30.6 Å². The lowest BCUT2D eigenvalue weighted by Crippen LogP contribution is -2.26. The zero-order chi connectivity index (χ0) is 21.9. The number of fused-ring (bicyclic) bond motifs is 1. The van der Waals surface area contributed by atoms with E-state index in [1.807, 2.05) is 0 Å². The highest BCUT2D eigenvalue weighted by molar-refractivity contribution is 8.01. The van der Waals surface area contributed by atoms with Crippen LogP contribution in [0.5, 0.6) is 11.5 Å². The summed E-state index contributed by atoms with van der Waals surface area (Å²) in [5, 5.41) is 5.13. The van der Waals surface area contributed by atoms with Gasteiger partial charge in [-0.25, -0.2) is 8.42 Å². The van der Waals surface area contributed by atoms with Crippen molar-refractivity contribution in [3.8, 4) is 11.5 Å². The summed E-state index contributed by atoms with van der Waals surface area (Å²) in [6.07, 6.45) is -0.238. The summed E-state index contributed by atoms with van der Waals surface area (Å²) in [4.78, 5) is 25.1. The van der Waals surface area contributed by atoms with E-state index in [0.29, 0.717) is 22.9 Å². The molecule has 2 aromatic rings. The van der Waals surface area contributed by atoms with Crippen molar-refractivity contribution in [1.82, 2.24) is 0 Å².